The van der Waals surface area contributed by atoms with Crippen LogP contribution in [0.25, 0.3) is 10.8 Å². The molecule has 0 aliphatic rings. The minimum absolute atomic E-state index is 0.299. The van der Waals surface area contributed by atoms with Gasteiger partial charge in [0.15, 0.2) is 0 Å². The van der Waals surface area contributed by atoms with Gasteiger partial charge in [-0.15, -0.1) is 11.6 Å². The Kier molecular flexibility index (Phi) is 3.77. The first-order chi connectivity index (χ1) is 9.66. The summed E-state index contributed by atoms with van der Waals surface area (Å²) in [5.74, 6) is -0.299. The molecule has 0 aliphatic carbocycles. The lowest BCUT2D eigenvalue weighted by Gasteiger charge is -2.14. The first kappa shape index (κ1) is 13.6. The molecule has 0 N–H and O–H groups in total. The summed E-state index contributed by atoms with van der Waals surface area (Å²) in [7, 11) is 0. The van der Waals surface area contributed by atoms with Crippen LogP contribution in [-0.4, -0.2) is 0 Å². The Morgan fingerprint density at radius 1 is 0.900 bits per heavy atom. The number of fused-ring (bicyclic) bond motifs is 1. The van der Waals surface area contributed by atoms with E-state index in [4.69, 9.17) is 11.6 Å². The van der Waals surface area contributed by atoms with Crippen LogP contribution in [0, 0.1) is 5.82 Å². The molecule has 3 aromatic carbocycles. The molecular formula is C17H11BrClF. The fourth-order valence-electron chi connectivity index (χ4n) is 2.35. The van der Waals surface area contributed by atoms with Crippen LogP contribution in [0.5, 0.6) is 0 Å². The molecule has 0 spiro atoms. The van der Waals surface area contributed by atoms with Gasteiger partial charge in [0.05, 0.1) is 5.38 Å². The topological polar surface area (TPSA) is 0 Å². The quantitative estimate of drug-likeness (QED) is 0.493. The molecular weight excluding hydrogens is 339 g/mol. The molecule has 0 aliphatic heterocycles. The lowest BCUT2D eigenvalue weighted by atomic mass is 9.98. The zero-order chi connectivity index (χ0) is 14.1. The van der Waals surface area contributed by atoms with Crippen LogP contribution >= 0.6 is 27.5 Å². The molecule has 3 heteroatoms. The second kappa shape index (κ2) is 5.55. The third kappa shape index (κ3) is 2.46. The van der Waals surface area contributed by atoms with Gasteiger partial charge in [0, 0.05) is 10.0 Å². The molecule has 1 unspecified atom stereocenters. The number of halogens is 3. The minimum Gasteiger partial charge on any atom is -0.207 e. The molecule has 0 aromatic heterocycles. The molecule has 0 fully saturated rings. The maximum absolute atomic E-state index is 14.1. The predicted octanol–water partition coefficient (Wildman–Crippen LogP) is 6.07. The molecule has 1 atom stereocenters. The number of rotatable bonds is 2. The number of alkyl halides is 1. The summed E-state index contributed by atoms with van der Waals surface area (Å²) in [5, 5.41) is 1.65. The van der Waals surface area contributed by atoms with E-state index in [1.807, 2.05) is 42.5 Å². The van der Waals surface area contributed by atoms with E-state index in [0.717, 1.165) is 16.3 Å². The molecule has 0 bridgehead atoms. The van der Waals surface area contributed by atoms with E-state index < -0.39 is 5.38 Å². The van der Waals surface area contributed by atoms with Gasteiger partial charge < -0.3 is 0 Å². The zero-order valence-corrected chi connectivity index (χ0v) is 12.8. The van der Waals surface area contributed by atoms with Crippen LogP contribution < -0.4 is 0 Å². The second-order valence-corrected chi connectivity index (χ2v) is 5.95. The van der Waals surface area contributed by atoms with Crippen LogP contribution in [0.2, 0.25) is 0 Å². The van der Waals surface area contributed by atoms with Crippen molar-refractivity contribution in [2.75, 3.05) is 0 Å². The van der Waals surface area contributed by atoms with Crippen LogP contribution in [0.1, 0.15) is 16.5 Å². The smallest absolute Gasteiger partial charge is 0.129 e. The Balaban J connectivity index is 2.15. The highest BCUT2D eigenvalue weighted by Crippen LogP contribution is 2.35. The maximum atomic E-state index is 14.1. The van der Waals surface area contributed by atoms with E-state index in [1.54, 1.807) is 12.1 Å². The summed E-state index contributed by atoms with van der Waals surface area (Å²) in [6.45, 7) is 0. The summed E-state index contributed by atoms with van der Waals surface area (Å²) >= 11 is 9.77. The molecule has 0 saturated heterocycles. The Morgan fingerprint density at radius 2 is 1.65 bits per heavy atom. The number of hydrogen-bond donors (Lipinski definition) is 0. The van der Waals surface area contributed by atoms with E-state index >= 15 is 0 Å². The Bertz CT molecular complexity index is 765. The Hall–Kier alpha value is -1.38. The largest absolute Gasteiger partial charge is 0.207 e. The van der Waals surface area contributed by atoms with Crippen LogP contribution in [-0.2, 0) is 0 Å². The summed E-state index contributed by atoms with van der Waals surface area (Å²) in [4.78, 5) is 0. The zero-order valence-electron chi connectivity index (χ0n) is 10.5. The first-order valence-electron chi connectivity index (χ1n) is 6.23. The molecule has 0 radical (unpaired) electrons. The van der Waals surface area contributed by atoms with E-state index in [2.05, 4.69) is 15.9 Å². The van der Waals surface area contributed by atoms with Crippen molar-refractivity contribution in [2.45, 2.75) is 5.38 Å². The van der Waals surface area contributed by atoms with Crippen LogP contribution in [0.4, 0.5) is 4.39 Å². The lowest BCUT2D eigenvalue weighted by Crippen LogP contribution is -1.98. The van der Waals surface area contributed by atoms with Gasteiger partial charge >= 0.3 is 0 Å². The van der Waals surface area contributed by atoms with Crippen molar-refractivity contribution < 1.29 is 4.39 Å². The molecule has 100 valence electrons. The normalized spacial score (nSPS) is 12.6. The molecule has 0 nitrogen and oxygen atoms in total. The van der Waals surface area contributed by atoms with E-state index in [9.17, 15) is 4.39 Å². The van der Waals surface area contributed by atoms with Crippen molar-refractivity contribution in [1.29, 1.82) is 0 Å². The summed E-state index contributed by atoms with van der Waals surface area (Å²) < 4.78 is 14.8. The highest BCUT2D eigenvalue weighted by atomic mass is 79.9. The van der Waals surface area contributed by atoms with Crippen LogP contribution in [0.15, 0.2) is 65.1 Å². The lowest BCUT2D eigenvalue weighted by molar-refractivity contribution is 0.611. The van der Waals surface area contributed by atoms with E-state index in [-0.39, 0.29) is 5.82 Å². The molecule has 0 amide bonds. The van der Waals surface area contributed by atoms with Gasteiger partial charge in [-0.1, -0.05) is 64.5 Å². The molecule has 3 rings (SSSR count). The molecule has 20 heavy (non-hydrogen) atoms. The van der Waals surface area contributed by atoms with Crippen molar-refractivity contribution >= 4 is 38.3 Å². The van der Waals surface area contributed by atoms with Gasteiger partial charge in [-0.25, -0.2) is 4.39 Å². The Labute approximate surface area is 130 Å². The van der Waals surface area contributed by atoms with Crippen molar-refractivity contribution in [3.63, 3.8) is 0 Å². The maximum Gasteiger partial charge on any atom is 0.129 e. The Morgan fingerprint density at radius 3 is 2.45 bits per heavy atom. The van der Waals surface area contributed by atoms with Gasteiger partial charge in [-0.05, 0) is 28.5 Å². The summed E-state index contributed by atoms with van der Waals surface area (Å²) in [6, 6.07) is 18.9. The highest BCUT2D eigenvalue weighted by molar-refractivity contribution is 9.10. The third-order valence-electron chi connectivity index (χ3n) is 3.33. The molecule has 0 saturated carbocycles. The third-order valence-corrected chi connectivity index (χ3v) is 4.30. The molecule has 3 aromatic rings. The van der Waals surface area contributed by atoms with Gasteiger partial charge in [0.25, 0.3) is 0 Å². The van der Waals surface area contributed by atoms with Crippen molar-refractivity contribution in [3.8, 4) is 0 Å². The van der Waals surface area contributed by atoms with Gasteiger partial charge in [-0.2, -0.15) is 0 Å². The number of hydrogen-bond acceptors (Lipinski definition) is 0. The fraction of sp³-hybridized carbons (Fsp3) is 0.0588. The molecule has 0 heterocycles. The first-order valence-corrected chi connectivity index (χ1v) is 7.46. The summed E-state index contributed by atoms with van der Waals surface area (Å²) in [6.07, 6.45) is 0. The van der Waals surface area contributed by atoms with Crippen LogP contribution in [0.3, 0.4) is 0 Å². The SMILES string of the molecule is Fc1cc(Br)ccc1C(Cl)c1cccc2ccccc12. The monoisotopic (exact) mass is 348 g/mol. The average molecular weight is 350 g/mol. The minimum atomic E-state index is -0.505. The fourth-order valence-corrected chi connectivity index (χ4v) is 3.05. The summed E-state index contributed by atoms with van der Waals surface area (Å²) in [5.41, 5.74) is 1.41. The second-order valence-electron chi connectivity index (χ2n) is 4.60. The van der Waals surface area contributed by atoms with Gasteiger partial charge in [0.2, 0.25) is 0 Å². The predicted molar refractivity (Wildman–Crippen MR) is 85.7 cm³/mol. The van der Waals surface area contributed by atoms with E-state index in [1.165, 1.54) is 6.07 Å². The number of benzene rings is 3. The van der Waals surface area contributed by atoms with Crippen molar-refractivity contribution in [2.24, 2.45) is 0 Å². The average Bonchev–Trinajstić information content (AvgIpc) is 2.46. The van der Waals surface area contributed by atoms with Crippen molar-refractivity contribution in [3.05, 3.63) is 82.1 Å². The van der Waals surface area contributed by atoms with Gasteiger partial charge in [-0.3, -0.25) is 0 Å². The van der Waals surface area contributed by atoms with Gasteiger partial charge in [0.1, 0.15) is 5.82 Å². The van der Waals surface area contributed by atoms with Crippen molar-refractivity contribution in [1.82, 2.24) is 0 Å². The highest BCUT2D eigenvalue weighted by Gasteiger charge is 2.17. The standard InChI is InChI=1S/C17H11BrClF/c18-12-8-9-15(16(20)10-12)17(19)14-7-3-5-11-4-1-2-6-13(11)14/h1-10,17H. The van der Waals surface area contributed by atoms with E-state index in [0.29, 0.717) is 10.0 Å².